The maximum absolute atomic E-state index is 2.76. The molecule has 1 aromatic carbocycles. The predicted octanol–water partition coefficient (Wildman–Crippen LogP) is 5.43. The molecule has 0 amide bonds. The van der Waals surface area contributed by atoms with Gasteiger partial charge in [0.25, 0.3) is 0 Å². The van der Waals surface area contributed by atoms with Crippen LogP contribution in [-0.4, -0.2) is 23.7 Å². The predicted molar refractivity (Wildman–Crippen MR) is 101 cm³/mol. The third kappa shape index (κ3) is 3.44. The van der Waals surface area contributed by atoms with Crippen LogP contribution in [-0.2, 0) is 0 Å². The highest BCUT2D eigenvalue weighted by atomic mass is 32.2. The first-order chi connectivity index (χ1) is 11.4. The molecule has 2 aliphatic heterocycles. The Bertz CT molecular complexity index is 577. The minimum absolute atomic E-state index is 0.644. The van der Waals surface area contributed by atoms with E-state index in [1.807, 2.05) is 0 Å². The third-order valence-corrected chi connectivity index (χ3v) is 6.96. The summed E-state index contributed by atoms with van der Waals surface area (Å²) in [4.78, 5) is 4.41. The smallest absolute Gasteiger partial charge is 0.0348 e. The van der Waals surface area contributed by atoms with Gasteiger partial charge in [0.15, 0.2) is 0 Å². The van der Waals surface area contributed by atoms with E-state index in [1.54, 1.807) is 4.91 Å². The van der Waals surface area contributed by atoms with E-state index in [0.29, 0.717) is 6.04 Å². The van der Waals surface area contributed by atoms with Crippen LogP contribution in [0, 0.1) is 11.8 Å². The van der Waals surface area contributed by atoms with Gasteiger partial charge >= 0.3 is 0 Å². The topological polar surface area (TPSA) is 3.24 Å². The Morgan fingerprint density at radius 1 is 1.09 bits per heavy atom. The second kappa shape index (κ2) is 7.27. The molecule has 0 aromatic heterocycles. The molecule has 1 nitrogen and oxygen atoms in total. The molecule has 2 fully saturated rings. The minimum Gasteiger partial charge on any atom is -0.296 e. The Morgan fingerprint density at radius 3 is 2.91 bits per heavy atom. The van der Waals surface area contributed by atoms with Crippen LogP contribution in [0.3, 0.4) is 0 Å². The number of allylic oxidation sites excluding steroid dienone is 4. The van der Waals surface area contributed by atoms with Gasteiger partial charge in [0.1, 0.15) is 0 Å². The quantitative estimate of drug-likeness (QED) is 0.726. The molecular formula is C21H27NS. The zero-order chi connectivity index (χ0) is 15.5. The van der Waals surface area contributed by atoms with Gasteiger partial charge in [0, 0.05) is 6.04 Å². The van der Waals surface area contributed by atoms with Crippen LogP contribution in [0.4, 0.5) is 0 Å². The van der Waals surface area contributed by atoms with Gasteiger partial charge < -0.3 is 0 Å². The maximum Gasteiger partial charge on any atom is 0.0348 e. The molecule has 122 valence electrons. The average molecular weight is 326 g/mol. The lowest BCUT2D eigenvalue weighted by atomic mass is 9.83. The van der Waals surface area contributed by atoms with E-state index in [0.717, 1.165) is 11.8 Å². The molecule has 4 rings (SSSR count). The van der Waals surface area contributed by atoms with Gasteiger partial charge in [-0.05, 0) is 66.8 Å². The van der Waals surface area contributed by atoms with Crippen LogP contribution in [0.25, 0.3) is 0 Å². The fraction of sp³-hybridized carbons (Fsp3) is 0.524. The molecule has 3 unspecified atom stereocenters. The largest absolute Gasteiger partial charge is 0.296 e. The fourth-order valence-electron chi connectivity index (χ4n) is 4.50. The molecule has 3 atom stereocenters. The van der Waals surface area contributed by atoms with Gasteiger partial charge in [-0.1, -0.05) is 55.0 Å². The molecule has 0 spiro atoms. The number of thioether (sulfide) groups is 1. The number of fused-ring (bicyclic) bond motifs is 1. The Balaban J connectivity index is 1.41. The molecule has 0 bridgehead atoms. The minimum atomic E-state index is 0.644. The molecule has 1 aliphatic carbocycles. The summed E-state index contributed by atoms with van der Waals surface area (Å²) < 4.78 is 0. The van der Waals surface area contributed by atoms with Crippen molar-refractivity contribution in [3.05, 3.63) is 59.0 Å². The van der Waals surface area contributed by atoms with E-state index >= 15 is 0 Å². The van der Waals surface area contributed by atoms with Crippen molar-refractivity contribution in [1.82, 2.24) is 4.90 Å². The highest BCUT2D eigenvalue weighted by molar-refractivity contribution is 8.03. The van der Waals surface area contributed by atoms with Gasteiger partial charge in [-0.2, -0.15) is 0 Å². The number of piperidine rings is 1. The Labute approximate surface area is 144 Å². The zero-order valence-electron chi connectivity index (χ0n) is 13.9. The van der Waals surface area contributed by atoms with E-state index in [9.17, 15) is 0 Å². The maximum atomic E-state index is 2.76. The highest BCUT2D eigenvalue weighted by Gasteiger charge is 2.31. The van der Waals surface area contributed by atoms with Crippen molar-refractivity contribution >= 4 is 11.8 Å². The number of hydrogen-bond donors (Lipinski definition) is 0. The molecule has 2 saturated heterocycles. The number of benzene rings is 1. The van der Waals surface area contributed by atoms with Crippen LogP contribution in [0.5, 0.6) is 0 Å². The monoisotopic (exact) mass is 325 g/mol. The summed E-state index contributed by atoms with van der Waals surface area (Å²) >= 11 is 2.09. The van der Waals surface area contributed by atoms with Crippen molar-refractivity contribution < 1.29 is 0 Å². The first kappa shape index (κ1) is 15.5. The Morgan fingerprint density at radius 2 is 2.00 bits per heavy atom. The normalized spacial score (nSPS) is 31.0. The lowest BCUT2D eigenvalue weighted by Gasteiger charge is -2.37. The number of rotatable bonds is 4. The van der Waals surface area contributed by atoms with Crippen molar-refractivity contribution in [3.8, 4) is 0 Å². The molecule has 0 saturated carbocycles. The van der Waals surface area contributed by atoms with Gasteiger partial charge in [0.2, 0.25) is 0 Å². The van der Waals surface area contributed by atoms with Crippen LogP contribution < -0.4 is 0 Å². The second-order valence-electron chi connectivity index (χ2n) is 7.11. The Kier molecular flexibility index (Phi) is 4.91. The first-order valence-electron chi connectivity index (χ1n) is 9.22. The number of likely N-dealkylation sites (tertiary alicyclic amines) is 1. The average Bonchev–Trinajstić information content (AvgIpc) is 3.10. The second-order valence-corrected chi connectivity index (χ2v) is 8.28. The van der Waals surface area contributed by atoms with Gasteiger partial charge in [-0.3, -0.25) is 4.90 Å². The summed E-state index contributed by atoms with van der Waals surface area (Å²) in [5.41, 5.74) is 1.52. The van der Waals surface area contributed by atoms with Crippen molar-refractivity contribution in [2.45, 2.75) is 38.1 Å². The standard InChI is InChI=1S/C21H27NS/c1-2-7-18(8-3-1)20-10-4-5-14-22(20)15-12-17-9-6-11-21-19(17)13-16-23-21/h1-3,6-9,11,17,19-20H,4-5,10,12-16H2. The summed E-state index contributed by atoms with van der Waals surface area (Å²) in [6.07, 6.45) is 13.9. The zero-order valence-corrected chi connectivity index (χ0v) is 14.7. The summed E-state index contributed by atoms with van der Waals surface area (Å²) in [6, 6.07) is 11.8. The fourth-order valence-corrected chi connectivity index (χ4v) is 5.79. The van der Waals surface area contributed by atoms with E-state index < -0.39 is 0 Å². The molecule has 23 heavy (non-hydrogen) atoms. The number of hydrogen-bond acceptors (Lipinski definition) is 2. The molecule has 2 heteroatoms. The first-order valence-corrected chi connectivity index (χ1v) is 10.2. The summed E-state index contributed by atoms with van der Waals surface area (Å²) in [7, 11) is 0. The van der Waals surface area contributed by atoms with Crippen LogP contribution in [0.15, 0.2) is 53.5 Å². The van der Waals surface area contributed by atoms with E-state index in [4.69, 9.17) is 0 Å². The van der Waals surface area contributed by atoms with Crippen LogP contribution in [0.1, 0.15) is 43.7 Å². The highest BCUT2D eigenvalue weighted by Crippen LogP contribution is 2.44. The van der Waals surface area contributed by atoms with Crippen LogP contribution >= 0.6 is 11.8 Å². The van der Waals surface area contributed by atoms with Crippen molar-refractivity contribution in [2.75, 3.05) is 18.8 Å². The molecule has 0 radical (unpaired) electrons. The van der Waals surface area contributed by atoms with Crippen molar-refractivity contribution in [2.24, 2.45) is 11.8 Å². The van der Waals surface area contributed by atoms with E-state index in [-0.39, 0.29) is 0 Å². The number of nitrogens with zero attached hydrogens (tertiary/aromatic N) is 1. The molecule has 0 N–H and O–H groups in total. The molecule has 2 heterocycles. The van der Waals surface area contributed by atoms with Gasteiger partial charge in [-0.15, -0.1) is 11.8 Å². The summed E-state index contributed by atoms with van der Waals surface area (Å²) in [5, 5.41) is 0. The van der Waals surface area contributed by atoms with E-state index in [1.165, 1.54) is 56.5 Å². The molecule has 3 aliphatic rings. The lowest BCUT2D eigenvalue weighted by Crippen LogP contribution is -2.35. The third-order valence-electron chi connectivity index (χ3n) is 5.75. The van der Waals surface area contributed by atoms with E-state index in [2.05, 4.69) is 65.2 Å². The Hall–Kier alpha value is -0.990. The van der Waals surface area contributed by atoms with Crippen molar-refractivity contribution in [3.63, 3.8) is 0 Å². The van der Waals surface area contributed by atoms with Gasteiger partial charge in [0.05, 0.1) is 0 Å². The molecular weight excluding hydrogens is 298 g/mol. The summed E-state index contributed by atoms with van der Waals surface area (Å²) in [5.74, 6) is 2.92. The molecule has 1 aromatic rings. The van der Waals surface area contributed by atoms with Crippen molar-refractivity contribution in [1.29, 1.82) is 0 Å². The van der Waals surface area contributed by atoms with Gasteiger partial charge in [-0.25, -0.2) is 0 Å². The lowest BCUT2D eigenvalue weighted by molar-refractivity contribution is 0.138. The summed E-state index contributed by atoms with van der Waals surface area (Å²) in [6.45, 7) is 2.53. The SMILES string of the molecule is C1=CC(CCN2CCCCC2c2ccccc2)C2CCSC2=C1. The van der Waals surface area contributed by atoms with Crippen LogP contribution in [0.2, 0.25) is 0 Å².